The average Bonchev–Trinajstić information content (AvgIpc) is 2.71. The lowest BCUT2D eigenvalue weighted by atomic mass is 10.1. The minimum atomic E-state index is -0.469. The lowest BCUT2D eigenvalue weighted by molar-refractivity contribution is -0.384. The van der Waals surface area contributed by atoms with Crippen LogP contribution < -0.4 is 0 Å². The first-order chi connectivity index (χ1) is 7.18. The molecule has 1 aromatic heterocycles. The predicted molar refractivity (Wildman–Crippen MR) is 55.8 cm³/mol. The third-order valence-electron chi connectivity index (χ3n) is 1.95. The molecule has 0 aliphatic heterocycles. The highest BCUT2D eigenvalue weighted by Crippen LogP contribution is 2.31. The van der Waals surface area contributed by atoms with Crippen LogP contribution in [-0.2, 0) is 0 Å². The molecule has 2 rings (SSSR count). The number of halogens is 1. The Morgan fingerprint density at radius 1 is 1.33 bits per heavy atom. The van der Waals surface area contributed by atoms with Crippen molar-refractivity contribution >= 4 is 17.3 Å². The summed E-state index contributed by atoms with van der Waals surface area (Å²) in [5.41, 5.74) is 0.515. The molecule has 0 aliphatic carbocycles. The number of furan rings is 1. The third kappa shape index (κ3) is 1.85. The highest BCUT2D eigenvalue weighted by atomic mass is 35.5. The van der Waals surface area contributed by atoms with Gasteiger partial charge in [-0.15, -0.1) is 0 Å². The SMILES string of the molecule is O=[N+]([O-])c1ccc(Cl)c(-c2ccco2)c1. The molecule has 76 valence electrons. The molecule has 0 saturated carbocycles. The first-order valence-corrected chi connectivity index (χ1v) is 4.54. The van der Waals surface area contributed by atoms with Crippen molar-refractivity contribution in [3.8, 4) is 11.3 Å². The summed E-state index contributed by atoms with van der Waals surface area (Å²) >= 11 is 5.91. The molecule has 0 N–H and O–H groups in total. The highest BCUT2D eigenvalue weighted by molar-refractivity contribution is 6.33. The Kier molecular flexibility index (Phi) is 2.43. The second kappa shape index (κ2) is 3.74. The number of rotatable bonds is 2. The molecule has 1 aromatic carbocycles. The maximum Gasteiger partial charge on any atom is 0.270 e. The third-order valence-corrected chi connectivity index (χ3v) is 2.28. The van der Waals surface area contributed by atoms with Crippen LogP contribution in [0.5, 0.6) is 0 Å². The Bertz CT molecular complexity index is 493. The lowest BCUT2D eigenvalue weighted by Crippen LogP contribution is -1.88. The van der Waals surface area contributed by atoms with E-state index < -0.39 is 4.92 Å². The largest absolute Gasteiger partial charge is 0.464 e. The van der Waals surface area contributed by atoms with E-state index in [-0.39, 0.29) is 5.69 Å². The summed E-state index contributed by atoms with van der Waals surface area (Å²) in [6.07, 6.45) is 1.49. The first-order valence-electron chi connectivity index (χ1n) is 4.16. The maximum absolute atomic E-state index is 10.6. The van der Waals surface area contributed by atoms with Gasteiger partial charge in [0.1, 0.15) is 5.76 Å². The first kappa shape index (κ1) is 9.73. The summed E-state index contributed by atoms with van der Waals surface area (Å²) in [5, 5.41) is 11.0. The van der Waals surface area contributed by atoms with Crippen LogP contribution in [0.15, 0.2) is 41.0 Å². The number of hydrogen-bond donors (Lipinski definition) is 0. The fourth-order valence-electron chi connectivity index (χ4n) is 1.25. The van der Waals surface area contributed by atoms with Crippen LogP contribution in [0.1, 0.15) is 0 Å². The molecule has 0 fully saturated rings. The van der Waals surface area contributed by atoms with Crippen LogP contribution in [0.4, 0.5) is 5.69 Å². The van der Waals surface area contributed by atoms with Crippen molar-refractivity contribution in [1.29, 1.82) is 0 Å². The Labute approximate surface area is 90.2 Å². The number of hydrogen-bond acceptors (Lipinski definition) is 3. The van der Waals surface area contributed by atoms with Crippen molar-refractivity contribution < 1.29 is 9.34 Å². The molecule has 0 spiro atoms. The maximum atomic E-state index is 10.6. The summed E-state index contributed by atoms with van der Waals surface area (Å²) in [6, 6.07) is 7.63. The van der Waals surface area contributed by atoms with Crippen LogP contribution in [0.25, 0.3) is 11.3 Å². The van der Waals surface area contributed by atoms with Crippen molar-refractivity contribution in [1.82, 2.24) is 0 Å². The van der Waals surface area contributed by atoms with Gasteiger partial charge < -0.3 is 4.42 Å². The summed E-state index contributed by atoms with van der Waals surface area (Å²) in [5.74, 6) is 0.517. The van der Waals surface area contributed by atoms with E-state index in [2.05, 4.69) is 0 Å². The molecule has 0 saturated heterocycles. The van der Waals surface area contributed by atoms with Crippen LogP contribution >= 0.6 is 11.6 Å². The molecule has 5 heteroatoms. The molecule has 0 aliphatic rings. The molecular weight excluding hydrogens is 218 g/mol. The topological polar surface area (TPSA) is 56.3 Å². The van der Waals surface area contributed by atoms with Gasteiger partial charge in [-0.2, -0.15) is 0 Å². The number of nitrogens with zero attached hydrogens (tertiary/aromatic N) is 1. The molecule has 0 atom stereocenters. The zero-order valence-corrected chi connectivity index (χ0v) is 8.27. The second-order valence-corrected chi connectivity index (χ2v) is 3.31. The summed E-state index contributed by atoms with van der Waals surface area (Å²) in [7, 11) is 0. The molecule has 1 heterocycles. The van der Waals surface area contributed by atoms with E-state index in [1.807, 2.05) is 0 Å². The Balaban J connectivity index is 2.55. The predicted octanol–water partition coefficient (Wildman–Crippen LogP) is 3.51. The van der Waals surface area contributed by atoms with Crippen LogP contribution in [0.3, 0.4) is 0 Å². The lowest BCUT2D eigenvalue weighted by Gasteiger charge is -1.99. The van der Waals surface area contributed by atoms with E-state index in [0.717, 1.165) is 0 Å². The van der Waals surface area contributed by atoms with E-state index in [1.54, 1.807) is 12.1 Å². The fraction of sp³-hybridized carbons (Fsp3) is 0. The minimum absolute atomic E-state index is 0.00852. The van der Waals surface area contributed by atoms with Gasteiger partial charge in [0.25, 0.3) is 5.69 Å². The van der Waals surface area contributed by atoms with Crippen molar-refractivity contribution in [2.24, 2.45) is 0 Å². The number of benzene rings is 1. The minimum Gasteiger partial charge on any atom is -0.464 e. The summed E-state index contributed by atoms with van der Waals surface area (Å²) in [6.45, 7) is 0. The number of nitro benzene ring substituents is 1. The van der Waals surface area contributed by atoms with Crippen molar-refractivity contribution in [3.63, 3.8) is 0 Å². The smallest absolute Gasteiger partial charge is 0.270 e. The molecule has 0 amide bonds. The standard InChI is InChI=1S/C10H6ClNO3/c11-9-4-3-7(12(13)14)6-8(9)10-2-1-5-15-10/h1-6H. The van der Waals surface area contributed by atoms with Gasteiger partial charge in [-0.05, 0) is 18.2 Å². The average molecular weight is 224 g/mol. The molecule has 15 heavy (non-hydrogen) atoms. The van der Waals surface area contributed by atoms with Gasteiger partial charge in [-0.25, -0.2) is 0 Å². The monoisotopic (exact) mass is 223 g/mol. The zero-order valence-electron chi connectivity index (χ0n) is 7.51. The van der Waals surface area contributed by atoms with Gasteiger partial charge in [0.05, 0.1) is 16.2 Å². The van der Waals surface area contributed by atoms with Crippen LogP contribution in [0.2, 0.25) is 5.02 Å². The normalized spacial score (nSPS) is 10.2. The van der Waals surface area contributed by atoms with Crippen molar-refractivity contribution in [3.05, 3.63) is 51.7 Å². The molecular formula is C10H6ClNO3. The van der Waals surface area contributed by atoms with E-state index in [9.17, 15) is 10.1 Å². The van der Waals surface area contributed by atoms with E-state index in [0.29, 0.717) is 16.3 Å². The van der Waals surface area contributed by atoms with E-state index in [1.165, 1.54) is 24.5 Å². The quantitative estimate of drug-likeness (QED) is 0.578. The van der Waals surface area contributed by atoms with Gasteiger partial charge in [0.15, 0.2) is 0 Å². The van der Waals surface area contributed by atoms with Crippen LogP contribution in [0, 0.1) is 10.1 Å². The molecule has 0 radical (unpaired) electrons. The second-order valence-electron chi connectivity index (χ2n) is 2.90. The zero-order chi connectivity index (χ0) is 10.8. The van der Waals surface area contributed by atoms with Gasteiger partial charge in [-0.1, -0.05) is 11.6 Å². The number of non-ortho nitro benzene ring substituents is 1. The van der Waals surface area contributed by atoms with Gasteiger partial charge in [-0.3, -0.25) is 10.1 Å². The summed E-state index contributed by atoms with van der Waals surface area (Å²) < 4.78 is 5.13. The Morgan fingerprint density at radius 2 is 2.13 bits per heavy atom. The van der Waals surface area contributed by atoms with Crippen molar-refractivity contribution in [2.75, 3.05) is 0 Å². The molecule has 4 nitrogen and oxygen atoms in total. The van der Waals surface area contributed by atoms with Gasteiger partial charge in [0, 0.05) is 17.7 Å². The van der Waals surface area contributed by atoms with E-state index >= 15 is 0 Å². The Morgan fingerprint density at radius 3 is 2.73 bits per heavy atom. The molecule has 0 unspecified atom stereocenters. The molecule has 0 bridgehead atoms. The fourth-order valence-corrected chi connectivity index (χ4v) is 1.46. The van der Waals surface area contributed by atoms with Crippen LogP contribution in [-0.4, -0.2) is 4.92 Å². The number of nitro groups is 1. The molecule has 2 aromatic rings. The summed E-state index contributed by atoms with van der Waals surface area (Å²) in [4.78, 5) is 10.1. The van der Waals surface area contributed by atoms with Gasteiger partial charge in [0.2, 0.25) is 0 Å². The Hall–Kier alpha value is -1.81. The van der Waals surface area contributed by atoms with Gasteiger partial charge >= 0.3 is 0 Å². The van der Waals surface area contributed by atoms with E-state index in [4.69, 9.17) is 16.0 Å². The highest BCUT2D eigenvalue weighted by Gasteiger charge is 2.12. The van der Waals surface area contributed by atoms with Crippen molar-refractivity contribution in [2.45, 2.75) is 0 Å².